The molecule has 0 aromatic heterocycles. The molecule has 1 aliphatic heterocycles. The summed E-state index contributed by atoms with van der Waals surface area (Å²) >= 11 is 0. The number of morpholine rings is 1. The summed E-state index contributed by atoms with van der Waals surface area (Å²) in [5.41, 5.74) is -1.55. The van der Waals surface area contributed by atoms with Gasteiger partial charge in [-0.1, -0.05) is 5.92 Å². The Balaban J connectivity index is 2.84. The van der Waals surface area contributed by atoms with E-state index in [-0.39, 0.29) is 26.1 Å². The first-order chi connectivity index (χ1) is 11.6. The molecule has 0 amide bonds. The van der Waals surface area contributed by atoms with Crippen LogP contribution in [0.5, 0.6) is 0 Å². The van der Waals surface area contributed by atoms with Gasteiger partial charge in [0, 0.05) is 12.8 Å². The third-order valence-electron chi connectivity index (χ3n) is 3.79. The highest BCUT2D eigenvalue weighted by Gasteiger charge is 2.48. The number of hydrogen-bond donors (Lipinski definition) is 1. The van der Waals surface area contributed by atoms with Gasteiger partial charge in [-0.2, -0.15) is 0 Å². The molecule has 1 fully saturated rings. The Kier molecular flexibility index (Phi) is 8.93. The Morgan fingerprint density at radius 1 is 1.08 bits per heavy atom. The molecule has 24 heavy (non-hydrogen) atoms. The molecule has 0 radical (unpaired) electrons. The van der Waals surface area contributed by atoms with Gasteiger partial charge in [0.15, 0.2) is 5.41 Å². The maximum atomic E-state index is 12.4. The maximum absolute atomic E-state index is 12.4. The molecule has 0 atom stereocenters. The van der Waals surface area contributed by atoms with Crippen LogP contribution in [0.3, 0.4) is 0 Å². The number of ether oxygens (including phenoxy) is 3. The molecule has 1 saturated heterocycles. The minimum atomic E-state index is -1.55. The molecule has 0 saturated carbocycles. The lowest BCUT2D eigenvalue weighted by Crippen LogP contribution is -3.14. The van der Waals surface area contributed by atoms with Crippen LogP contribution < -0.4 is 4.90 Å². The molecule has 6 nitrogen and oxygen atoms in total. The van der Waals surface area contributed by atoms with Gasteiger partial charge in [0.25, 0.3) is 0 Å². The van der Waals surface area contributed by atoms with Crippen molar-refractivity contribution in [1.29, 1.82) is 0 Å². The van der Waals surface area contributed by atoms with Gasteiger partial charge >= 0.3 is 11.9 Å². The predicted octanol–water partition coefficient (Wildman–Crippen LogP) is -0.569. The number of hydrogen-bond acceptors (Lipinski definition) is 5. The molecule has 1 N–H and O–H groups in total. The van der Waals surface area contributed by atoms with Crippen LogP contribution >= 0.6 is 0 Å². The smallest absolute Gasteiger partial charge is 0.325 e. The van der Waals surface area contributed by atoms with Crippen molar-refractivity contribution < 1.29 is 28.7 Å². The van der Waals surface area contributed by atoms with Crippen LogP contribution in [0.15, 0.2) is 0 Å². The van der Waals surface area contributed by atoms with Crippen LogP contribution in [0.25, 0.3) is 0 Å². The fourth-order valence-electron chi connectivity index (χ4n) is 2.38. The summed E-state index contributed by atoms with van der Waals surface area (Å²) < 4.78 is 15.4. The second-order valence-electron chi connectivity index (χ2n) is 5.47. The largest absolute Gasteiger partial charge is 0.465 e. The van der Waals surface area contributed by atoms with Gasteiger partial charge in [0.05, 0.1) is 26.4 Å². The maximum Gasteiger partial charge on any atom is 0.325 e. The van der Waals surface area contributed by atoms with Crippen LogP contribution in [0.4, 0.5) is 0 Å². The first-order valence-electron chi connectivity index (χ1n) is 8.25. The summed E-state index contributed by atoms with van der Waals surface area (Å²) in [4.78, 5) is 26.0. The second-order valence-corrected chi connectivity index (χ2v) is 5.47. The number of terminal acetylenes is 1. The monoisotopic (exact) mass is 336 g/mol. The average Bonchev–Trinajstić information content (AvgIpc) is 2.59. The number of quaternary nitrogens is 1. The molecule has 0 aromatic carbocycles. The van der Waals surface area contributed by atoms with E-state index in [1.165, 1.54) is 4.90 Å². The van der Waals surface area contributed by atoms with Crippen molar-refractivity contribution in [1.82, 2.24) is 0 Å². The predicted molar refractivity (Wildman–Crippen MR) is 87.9 cm³/mol. The Hall–Kier alpha value is -2.02. The molecule has 1 heterocycles. The zero-order chi connectivity index (χ0) is 17.8. The van der Waals surface area contributed by atoms with Crippen molar-refractivity contribution in [2.75, 3.05) is 46.1 Å². The van der Waals surface area contributed by atoms with E-state index in [4.69, 9.17) is 20.6 Å². The zero-order valence-electron chi connectivity index (χ0n) is 14.5. The van der Waals surface area contributed by atoms with Gasteiger partial charge in [-0.15, -0.1) is 12.3 Å². The number of rotatable bonds is 7. The number of carbonyl (C=O) groups is 2. The number of nitrogens with one attached hydrogen (secondary N) is 1. The molecule has 0 bridgehead atoms. The quantitative estimate of drug-likeness (QED) is 0.383. The molecule has 0 aromatic rings. The molecule has 0 aliphatic carbocycles. The molecule has 1 rings (SSSR count). The van der Waals surface area contributed by atoms with Crippen molar-refractivity contribution in [2.45, 2.75) is 26.7 Å². The van der Waals surface area contributed by atoms with E-state index in [2.05, 4.69) is 17.8 Å². The van der Waals surface area contributed by atoms with Crippen LogP contribution in [0.2, 0.25) is 0 Å². The topological polar surface area (TPSA) is 66.3 Å². The Morgan fingerprint density at radius 3 is 2.17 bits per heavy atom. The zero-order valence-corrected chi connectivity index (χ0v) is 14.5. The van der Waals surface area contributed by atoms with E-state index >= 15 is 0 Å². The Labute approximate surface area is 143 Å². The highest BCUT2D eigenvalue weighted by molar-refractivity contribution is 6.00. The minimum Gasteiger partial charge on any atom is -0.465 e. The van der Waals surface area contributed by atoms with E-state index in [0.29, 0.717) is 6.54 Å². The highest BCUT2D eigenvalue weighted by atomic mass is 16.6. The lowest BCUT2D eigenvalue weighted by Gasteiger charge is -2.25. The van der Waals surface area contributed by atoms with E-state index in [9.17, 15) is 9.59 Å². The fourth-order valence-corrected chi connectivity index (χ4v) is 2.38. The first kappa shape index (κ1) is 20.0. The van der Waals surface area contributed by atoms with Crippen molar-refractivity contribution in [3.63, 3.8) is 0 Å². The van der Waals surface area contributed by atoms with E-state index in [1.807, 2.05) is 0 Å². The molecule has 6 heteroatoms. The third-order valence-corrected chi connectivity index (χ3v) is 3.79. The molecular formula is C18H26NO5+. The molecule has 132 valence electrons. The molecule has 0 spiro atoms. The third kappa shape index (κ3) is 5.56. The van der Waals surface area contributed by atoms with Gasteiger partial charge in [0.1, 0.15) is 19.6 Å². The van der Waals surface area contributed by atoms with Crippen LogP contribution in [0.1, 0.15) is 26.7 Å². The normalized spacial score (nSPS) is 14.9. The lowest BCUT2D eigenvalue weighted by atomic mass is 9.81. The minimum absolute atomic E-state index is 0.00134. The number of esters is 2. The van der Waals surface area contributed by atoms with Crippen molar-refractivity contribution in [3.8, 4) is 24.2 Å². The van der Waals surface area contributed by atoms with Gasteiger partial charge < -0.3 is 19.1 Å². The van der Waals surface area contributed by atoms with Gasteiger partial charge in [-0.3, -0.25) is 9.59 Å². The van der Waals surface area contributed by atoms with Gasteiger partial charge in [-0.25, -0.2) is 0 Å². The summed E-state index contributed by atoms with van der Waals surface area (Å²) in [6.07, 6.45) is 5.28. The SMILES string of the molecule is C#CCC(CC#CC[NH+]1CCOCC1)(C(=O)OCC)C(=O)OCC. The van der Waals surface area contributed by atoms with Crippen molar-refractivity contribution in [2.24, 2.45) is 5.41 Å². The second kappa shape index (κ2) is 10.7. The van der Waals surface area contributed by atoms with Crippen molar-refractivity contribution >= 4 is 11.9 Å². The fraction of sp³-hybridized carbons (Fsp3) is 0.667. The summed E-state index contributed by atoms with van der Waals surface area (Å²) in [7, 11) is 0. The van der Waals surface area contributed by atoms with Crippen molar-refractivity contribution in [3.05, 3.63) is 0 Å². The molecule has 1 aliphatic rings. The summed E-state index contributed by atoms with van der Waals surface area (Å²) in [6.45, 7) is 7.58. The number of carbonyl (C=O) groups excluding carboxylic acids is 2. The molecule has 0 unspecified atom stereocenters. The van der Waals surface area contributed by atoms with E-state index < -0.39 is 17.4 Å². The van der Waals surface area contributed by atoms with Gasteiger partial charge in [0.2, 0.25) is 0 Å². The van der Waals surface area contributed by atoms with Crippen LogP contribution in [0, 0.1) is 29.6 Å². The van der Waals surface area contributed by atoms with Crippen LogP contribution in [-0.4, -0.2) is 58.0 Å². The Morgan fingerprint density at radius 2 is 1.67 bits per heavy atom. The lowest BCUT2D eigenvalue weighted by molar-refractivity contribution is -0.900. The summed E-state index contributed by atoms with van der Waals surface area (Å²) in [5.74, 6) is 7.01. The summed E-state index contributed by atoms with van der Waals surface area (Å²) in [6, 6.07) is 0. The Bertz CT molecular complexity index is 502. The first-order valence-corrected chi connectivity index (χ1v) is 8.25. The van der Waals surface area contributed by atoms with E-state index in [1.54, 1.807) is 13.8 Å². The summed E-state index contributed by atoms with van der Waals surface area (Å²) in [5, 5.41) is 0. The van der Waals surface area contributed by atoms with E-state index in [0.717, 1.165) is 26.3 Å². The average molecular weight is 336 g/mol. The highest BCUT2D eigenvalue weighted by Crippen LogP contribution is 2.30. The van der Waals surface area contributed by atoms with Gasteiger partial charge in [-0.05, 0) is 19.8 Å². The molecular weight excluding hydrogens is 310 g/mol. The standard InChI is InChI=1S/C18H25NO5/c1-4-9-18(16(20)23-5-2,17(21)24-6-3)10-7-8-11-19-12-14-22-15-13-19/h1H,5-6,9-15H2,2-3H3/p+1. The van der Waals surface area contributed by atoms with Crippen LogP contribution in [-0.2, 0) is 23.8 Å².